The fourth-order valence-electron chi connectivity index (χ4n) is 3.02. The molecule has 2 amide bonds. The highest BCUT2D eigenvalue weighted by Crippen LogP contribution is 2.50. The van der Waals surface area contributed by atoms with E-state index in [-0.39, 0.29) is 18.4 Å². The van der Waals surface area contributed by atoms with Gasteiger partial charge in [-0.1, -0.05) is 30.3 Å². The van der Waals surface area contributed by atoms with Crippen LogP contribution < -0.4 is 0 Å². The molecular formula is C16H17N3O3. The lowest BCUT2D eigenvalue weighted by Gasteiger charge is -2.26. The zero-order chi connectivity index (χ0) is 15.7. The van der Waals surface area contributed by atoms with E-state index in [0.29, 0.717) is 12.5 Å². The van der Waals surface area contributed by atoms with E-state index in [0.717, 1.165) is 16.9 Å². The summed E-state index contributed by atoms with van der Waals surface area (Å²) in [4.78, 5) is 27.0. The Hall–Kier alpha value is -2.55. The molecule has 0 aromatic heterocycles. The Bertz CT molecular complexity index is 625. The monoisotopic (exact) mass is 299 g/mol. The van der Waals surface area contributed by atoms with Crippen LogP contribution in [0.3, 0.4) is 0 Å². The van der Waals surface area contributed by atoms with Crippen LogP contribution in [0.25, 0.3) is 0 Å². The van der Waals surface area contributed by atoms with E-state index in [1.807, 2.05) is 30.3 Å². The van der Waals surface area contributed by atoms with Gasteiger partial charge >= 0.3 is 6.09 Å². The number of hydrogen-bond acceptors (Lipinski definition) is 4. The van der Waals surface area contributed by atoms with Crippen molar-refractivity contribution in [2.45, 2.75) is 19.1 Å². The number of rotatable bonds is 3. The van der Waals surface area contributed by atoms with Crippen molar-refractivity contribution in [2.75, 3.05) is 13.6 Å². The van der Waals surface area contributed by atoms with Gasteiger partial charge in [-0.2, -0.15) is 5.26 Å². The third-order valence-corrected chi connectivity index (χ3v) is 4.32. The average molecular weight is 299 g/mol. The summed E-state index contributed by atoms with van der Waals surface area (Å²) in [5.41, 5.74) is 0.900. The number of nitrogens with zero attached hydrogens (tertiary/aromatic N) is 3. The number of benzene rings is 1. The molecule has 6 nitrogen and oxygen atoms in total. The fraction of sp³-hybridized carbons (Fsp3) is 0.438. The normalized spacial score (nSPS) is 25.1. The van der Waals surface area contributed by atoms with Gasteiger partial charge in [-0.3, -0.25) is 14.6 Å². The Kier molecular flexibility index (Phi) is 3.72. The summed E-state index contributed by atoms with van der Waals surface area (Å²) in [5, 5.41) is 8.86. The van der Waals surface area contributed by atoms with Gasteiger partial charge in [0.2, 0.25) is 0 Å². The minimum atomic E-state index is -0.557. The number of piperidine rings is 1. The number of amides is 2. The van der Waals surface area contributed by atoms with Gasteiger partial charge < -0.3 is 4.74 Å². The molecule has 2 fully saturated rings. The second kappa shape index (κ2) is 5.68. The molecule has 0 spiro atoms. The smallest absolute Gasteiger partial charge is 0.410 e. The lowest BCUT2D eigenvalue weighted by Crippen LogP contribution is -2.47. The lowest BCUT2D eigenvalue weighted by atomic mass is 10.1. The van der Waals surface area contributed by atoms with Gasteiger partial charge in [0.1, 0.15) is 12.6 Å². The molecule has 2 unspecified atom stereocenters. The lowest BCUT2D eigenvalue weighted by molar-refractivity contribution is -0.132. The maximum atomic E-state index is 12.3. The number of nitriles is 1. The van der Waals surface area contributed by atoms with Crippen LogP contribution >= 0.6 is 0 Å². The van der Waals surface area contributed by atoms with E-state index in [1.165, 1.54) is 11.9 Å². The molecule has 1 aliphatic carbocycles. The summed E-state index contributed by atoms with van der Waals surface area (Å²) in [5.74, 6) is 0.210. The number of likely N-dealkylation sites (tertiary alicyclic amines) is 1. The first-order chi connectivity index (χ1) is 10.6. The Morgan fingerprint density at radius 3 is 2.82 bits per heavy atom. The van der Waals surface area contributed by atoms with E-state index >= 15 is 0 Å². The van der Waals surface area contributed by atoms with Crippen LogP contribution in [0.5, 0.6) is 0 Å². The van der Waals surface area contributed by atoms with Gasteiger partial charge in [0.05, 0.1) is 0 Å². The predicted molar refractivity (Wildman–Crippen MR) is 77.1 cm³/mol. The number of likely N-dealkylation sites (N-methyl/N-ethyl adjacent to an activating group) is 1. The molecule has 1 heterocycles. The van der Waals surface area contributed by atoms with Crippen LogP contribution in [0.4, 0.5) is 4.79 Å². The van der Waals surface area contributed by atoms with E-state index in [2.05, 4.69) is 0 Å². The number of carbonyl (C=O) groups excluding carboxylic acids is 2. The van der Waals surface area contributed by atoms with Crippen molar-refractivity contribution < 1.29 is 14.3 Å². The van der Waals surface area contributed by atoms with Crippen molar-refractivity contribution >= 4 is 12.0 Å². The van der Waals surface area contributed by atoms with Crippen molar-refractivity contribution in [1.82, 2.24) is 9.80 Å². The molecule has 1 aromatic carbocycles. The van der Waals surface area contributed by atoms with Crippen LogP contribution in [-0.4, -0.2) is 41.4 Å². The van der Waals surface area contributed by atoms with E-state index in [4.69, 9.17) is 10.00 Å². The van der Waals surface area contributed by atoms with Gasteiger partial charge in [-0.25, -0.2) is 4.79 Å². The molecule has 1 aliphatic heterocycles. The first kappa shape index (κ1) is 14.4. The van der Waals surface area contributed by atoms with E-state index < -0.39 is 12.1 Å². The summed E-state index contributed by atoms with van der Waals surface area (Å²) in [6.07, 6.45) is 2.26. The number of ether oxygens (including phenoxy) is 1. The second-order valence-corrected chi connectivity index (χ2v) is 5.79. The van der Waals surface area contributed by atoms with Crippen molar-refractivity contribution in [2.24, 2.45) is 11.8 Å². The molecular weight excluding hydrogens is 282 g/mol. The molecule has 3 atom stereocenters. The van der Waals surface area contributed by atoms with Gasteiger partial charge in [-0.15, -0.1) is 0 Å². The third-order valence-electron chi connectivity index (χ3n) is 4.32. The van der Waals surface area contributed by atoms with Crippen LogP contribution in [0, 0.1) is 23.3 Å². The Morgan fingerprint density at radius 1 is 1.41 bits per heavy atom. The third kappa shape index (κ3) is 2.62. The molecule has 2 aliphatic rings. The maximum Gasteiger partial charge on any atom is 0.410 e. The summed E-state index contributed by atoms with van der Waals surface area (Å²) < 4.78 is 5.31. The molecule has 0 N–H and O–H groups in total. The van der Waals surface area contributed by atoms with Gasteiger partial charge in [0, 0.05) is 13.6 Å². The molecule has 1 saturated carbocycles. The molecule has 22 heavy (non-hydrogen) atoms. The summed E-state index contributed by atoms with van der Waals surface area (Å²) >= 11 is 0. The predicted octanol–water partition coefficient (Wildman–Crippen LogP) is 1.58. The van der Waals surface area contributed by atoms with E-state index in [1.54, 1.807) is 6.19 Å². The van der Waals surface area contributed by atoms with Gasteiger partial charge in [0.15, 0.2) is 6.19 Å². The topological polar surface area (TPSA) is 73.6 Å². The van der Waals surface area contributed by atoms with Crippen molar-refractivity contribution in [3.8, 4) is 6.19 Å². The summed E-state index contributed by atoms with van der Waals surface area (Å²) in [6.45, 7) is 0.717. The van der Waals surface area contributed by atoms with Crippen LogP contribution in [0.2, 0.25) is 0 Å². The van der Waals surface area contributed by atoms with Crippen LogP contribution in [0.1, 0.15) is 12.0 Å². The quantitative estimate of drug-likeness (QED) is 0.627. The minimum Gasteiger partial charge on any atom is -0.445 e. The second-order valence-electron chi connectivity index (χ2n) is 5.79. The standard InChI is InChI=1S/C16H17N3O3/c1-18(10-17)15(20)14-13-7-12(13)8-19(14)16(21)22-9-11-5-3-2-4-6-11/h2-6,12-14H,7-9H2,1H3/t12?,13?,14-/m0/s1. The Balaban J connectivity index is 1.64. The van der Waals surface area contributed by atoms with Crippen molar-refractivity contribution in [3.63, 3.8) is 0 Å². The highest BCUT2D eigenvalue weighted by Gasteiger charge is 2.58. The highest BCUT2D eigenvalue weighted by atomic mass is 16.6. The van der Waals surface area contributed by atoms with E-state index in [9.17, 15) is 9.59 Å². The number of carbonyl (C=O) groups is 2. The largest absolute Gasteiger partial charge is 0.445 e. The molecule has 6 heteroatoms. The van der Waals surface area contributed by atoms with Gasteiger partial charge in [-0.05, 0) is 23.8 Å². The maximum absolute atomic E-state index is 12.3. The Morgan fingerprint density at radius 2 is 2.14 bits per heavy atom. The zero-order valence-corrected chi connectivity index (χ0v) is 12.3. The van der Waals surface area contributed by atoms with Crippen molar-refractivity contribution in [1.29, 1.82) is 5.26 Å². The highest BCUT2D eigenvalue weighted by molar-refractivity contribution is 5.88. The molecule has 114 valence electrons. The van der Waals surface area contributed by atoms with Crippen molar-refractivity contribution in [3.05, 3.63) is 35.9 Å². The van der Waals surface area contributed by atoms with Gasteiger partial charge in [0.25, 0.3) is 5.91 Å². The molecule has 1 saturated heterocycles. The SMILES string of the molecule is CN(C#N)C(=O)[C@@H]1C2CC2CN1C(=O)OCc1ccccc1. The van der Waals surface area contributed by atoms with Crippen LogP contribution in [-0.2, 0) is 16.1 Å². The Labute approximate surface area is 128 Å². The molecule has 1 aromatic rings. The molecule has 3 rings (SSSR count). The molecule has 0 bridgehead atoms. The summed E-state index contributed by atoms with van der Waals surface area (Å²) in [7, 11) is 1.42. The molecule has 0 radical (unpaired) electrons. The fourth-order valence-corrected chi connectivity index (χ4v) is 3.02. The summed E-state index contributed by atoms with van der Waals surface area (Å²) in [6, 6.07) is 8.84. The van der Waals surface area contributed by atoms with Crippen LogP contribution in [0.15, 0.2) is 30.3 Å². The number of fused-ring (bicyclic) bond motifs is 1. The average Bonchev–Trinajstić information content (AvgIpc) is 3.22. The minimum absolute atomic E-state index is 0.174. The first-order valence-corrected chi connectivity index (χ1v) is 7.26. The zero-order valence-electron chi connectivity index (χ0n) is 12.3. The number of hydrogen-bond donors (Lipinski definition) is 0. The first-order valence-electron chi connectivity index (χ1n) is 7.26.